The summed E-state index contributed by atoms with van der Waals surface area (Å²) in [6, 6.07) is 6.06. The minimum atomic E-state index is -0.273. The lowest BCUT2D eigenvalue weighted by Gasteiger charge is -2.21. The third kappa shape index (κ3) is 5.29. The van der Waals surface area contributed by atoms with Gasteiger partial charge in [0.2, 0.25) is 5.91 Å². The average Bonchev–Trinajstić information content (AvgIpc) is 2.47. The van der Waals surface area contributed by atoms with E-state index in [2.05, 4.69) is 5.32 Å². The smallest absolute Gasteiger partial charge is 0.224 e. The normalized spacial score (nSPS) is 16.1. The molecule has 1 heterocycles. The highest BCUT2D eigenvalue weighted by molar-refractivity contribution is 5.78. The van der Waals surface area contributed by atoms with Crippen LogP contribution < -0.4 is 5.32 Å². The second-order valence-electron chi connectivity index (χ2n) is 5.35. The van der Waals surface area contributed by atoms with Crippen LogP contribution >= 0.6 is 0 Å². The number of amides is 1. The van der Waals surface area contributed by atoms with Gasteiger partial charge in [0.05, 0.1) is 6.42 Å². The molecule has 1 N–H and O–H groups in total. The predicted molar refractivity (Wildman–Crippen MR) is 75.9 cm³/mol. The second-order valence-corrected chi connectivity index (χ2v) is 5.35. The topological polar surface area (TPSA) is 38.3 Å². The van der Waals surface area contributed by atoms with Crippen LogP contribution in [-0.2, 0) is 16.0 Å². The van der Waals surface area contributed by atoms with Crippen LogP contribution in [0.5, 0.6) is 0 Å². The van der Waals surface area contributed by atoms with Crippen molar-refractivity contribution in [3.05, 3.63) is 35.6 Å². The van der Waals surface area contributed by atoms with Gasteiger partial charge in [-0.15, -0.1) is 0 Å². The number of ether oxygens (including phenoxy) is 1. The van der Waals surface area contributed by atoms with Gasteiger partial charge in [-0.1, -0.05) is 12.1 Å². The van der Waals surface area contributed by atoms with Gasteiger partial charge in [-0.3, -0.25) is 4.79 Å². The van der Waals surface area contributed by atoms with Gasteiger partial charge in [-0.05, 0) is 49.3 Å². The quantitative estimate of drug-likeness (QED) is 0.813. The van der Waals surface area contributed by atoms with Crippen molar-refractivity contribution in [3.63, 3.8) is 0 Å². The molecule has 1 saturated heterocycles. The first kappa shape index (κ1) is 15.0. The summed E-state index contributed by atoms with van der Waals surface area (Å²) in [5.41, 5.74) is 0.841. The van der Waals surface area contributed by atoms with Crippen molar-refractivity contribution in [2.75, 3.05) is 19.8 Å². The zero-order valence-corrected chi connectivity index (χ0v) is 11.7. The van der Waals surface area contributed by atoms with E-state index >= 15 is 0 Å². The summed E-state index contributed by atoms with van der Waals surface area (Å²) in [7, 11) is 0. The van der Waals surface area contributed by atoms with Crippen LogP contribution in [0.25, 0.3) is 0 Å². The molecule has 4 heteroatoms. The fraction of sp³-hybridized carbons (Fsp3) is 0.562. The van der Waals surface area contributed by atoms with Crippen molar-refractivity contribution in [1.29, 1.82) is 0 Å². The highest BCUT2D eigenvalue weighted by Crippen LogP contribution is 2.19. The monoisotopic (exact) mass is 279 g/mol. The lowest BCUT2D eigenvalue weighted by atomic mass is 9.95. The van der Waals surface area contributed by atoms with Crippen molar-refractivity contribution in [2.45, 2.75) is 32.1 Å². The summed E-state index contributed by atoms with van der Waals surface area (Å²) in [5, 5.41) is 2.92. The molecule has 0 aromatic heterocycles. The Morgan fingerprint density at radius 3 is 2.65 bits per heavy atom. The van der Waals surface area contributed by atoms with Gasteiger partial charge in [0.15, 0.2) is 0 Å². The van der Waals surface area contributed by atoms with Gasteiger partial charge in [0.1, 0.15) is 5.82 Å². The third-order valence-corrected chi connectivity index (χ3v) is 3.73. The second kappa shape index (κ2) is 8.00. The number of carbonyl (C=O) groups excluding carboxylic acids is 1. The Morgan fingerprint density at radius 1 is 1.25 bits per heavy atom. The molecular formula is C16H22FNO2. The van der Waals surface area contributed by atoms with Crippen LogP contribution in [0.15, 0.2) is 24.3 Å². The Bertz CT molecular complexity index is 413. The van der Waals surface area contributed by atoms with Crippen molar-refractivity contribution in [2.24, 2.45) is 5.92 Å². The van der Waals surface area contributed by atoms with E-state index in [0.717, 1.165) is 56.9 Å². The van der Waals surface area contributed by atoms with E-state index in [1.165, 1.54) is 12.1 Å². The molecule has 110 valence electrons. The molecule has 3 nitrogen and oxygen atoms in total. The standard InChI is InChI=1S/C16H22FNO2/c17-15-5-3-14(4-6-15)12-16(19)18-9-1-2-13-7-10-20-11-8-13/h3-6,13H,1-2,7-12H2,(H,18,19). The first-order valence-electron chi connectivity index (χ1n) is 7.33. The summed E-state index contributed by atoms with van der Waals surface area (Å²) >= 11 is 0. The molecule has 0 radical (unpaired) electrons. The molecule has 0 atom stereocenters. The fourth-order valence-corrected chi connectivity index (χ4v) is 2.50. The zero-order valence-electron chi connectivity index (χ0n) is 11.7. The van der Waals surface area contributed by atoms with E-state index in [0.29, 0.717) is 6.42 Å². The first-order chi connectivity index (χ1) is 9.74. The van der Waals surface area contributed by atoms with Crippen molar-refractivity contribution in [3.8, 4) is 0 Å². The zero-order chi connectivity index (χ0) is 14.2. The molecule has 20 heavy (non-hydrogen) atoms. The summed E-state index contributed by atoms with van der Waals surface area (Å²) in [4.78, 5) is 11.7. The van der Waals surface area contributed by atoms with Crippen LogP contribution in [0.1, 0.15) is 31.2 Å². The Kier molecular flexibility index (Phi) is 5.99. The number of carbonyl (C=O) groups is 1. The van der Waals surface area contributed by atoms with Crippen LogP contribution in [0.3, 0.4) is 0 Å². The Hall–Kier alpha value is -1.42. The molecule has 1 aromatic carbocycles. The summed E-state index contributed by atoms with van der Waals surface area (Å²) < 4.78 is 18.1. The van der Waals surface area contributed by atoms with E-state index in [-0.39, 0.29) is 11.7 Å². The molecule has 0 aliphatic carbocycles. The average molecular weight is 279 g/mol. The summed E-state index contributed by atoms with van der Waals surface area (Å²) in [6.45, 7) is 2.47. The van der Waals surface area contributed by atoms with Gasteiger partial charge in [0.25, 0.3) is 0 Å². The van der Waals surface area contributed by atoms with E-state index in [9.17, 15) is 9.18 Å². The molecule has 0 saturated carbocycles. The SMILES string of the molecule is O=C(Cc1ccc(F)cc1)NCCCC1CCOCC1. The van der Waals surface area contributed by atoms with E-state index in [4.69, 9.17) is 4.74 Å². The molecule has 1 aromatic rings. The minimum absolute atomic E-state index is 0.00332. The molecule has 1 fully saturated rings. The minimum Gasteiger partial charge on any atom is -0.381 e. The molecule has 2 rings (SSSR count). The molecule has 1 aliphatic rings. The van der Waals surface area contributed by atoms with Gasteiger partial charge in [0, 0.05) is 19.8 Å². The number of halogens is 1. The molecule has 0 unspecified atom stereocenters. The summed E-state index contributed by atoms with van der Waals surface area (Å²) in [6.07, 6.45) is 4.77. The van der Waals surface area contributed by atoms with Crippen LogP contribution in [0.2, 0.25) is 0 Å². The number of rotatable bonds is 6. The fourth-order valence-electron chi connectivity index (χ4n) is 2.50. The maximum absolute atomic E-state index is 12.7. The predicted octanol–water partition coefficient (Wildman–Crippen LogP) is 2.69. The number of benzene rings is 1. The lowest BCUT2D eigenvalue weighted by Crippen LogP contribution is -2.26. The van der Waals surface area contributed by atoms with Gasteiger partial charge < -0.3 is 10.1 Å². The highest BCUT2D eigenvalue weighted by Gasteiger charge is 2.13. The maximum atomic E-state index is 12.7. The number of hydrogen-bond acceptors (Lipinski definition) is 2. The van der Waals surface area contributed by atoms with Crippen molar-refractivity contribution < 1.29 is 13.9 Å². The molecule has 1 aliphatic heterocycles. The van der Waals surface area contributed by atoms with Crippen molar-refractivity contribution in [1.82, 2.24) is 5.32 Å². The largest absolute Gasteiger partial charge is 0.381 e. The van der Waals surface area contributed by atoms with Crippen LogP contribution in [0.4, 0.5) is 4.39 Å². The van der Waals surface area contributed by atoms with Crippen molar-refractivity contribution >= 4 is 5.91 Å². The highest BCUT2D eigenvalue weighted by atomic mass is 19.1. The first-order valence-corrected chi connectivity index (χ1v) is 7.33. The van der Waals surface area contributed by atoms with E-state index in [1.54, 1.807) is 12.1 Å². The molecular weight excluding hydrogens is 257 g/mol. The van der Waals surface area contributed by atoms with Gasteiger partial charge in [-0.2, -0.15) is 0 Å². The number of nitrogens with one attached hydrogen (secondary N) is 1. The molecule has 1 amide bonds. The van der Waals surface area contributed by atoms with Gasteiger partial charge >= 0.3 is 0 Å². The Morgan fingerprint density at radius 2 is 1.95 bits per heavy atom. The van der Waals surface area contributed by atoms with E-state index < -0.39 is 0 Å². The molecule has 0 spiro atoms. The van der Waals surface area contributed by atoms with Crippen LogP contribution in [-0.4, -0.2) is 25.7 Å². The molecule has 0 bridgehead atoms. The Labute approximate surface area is 119 Å². The Balaban J connectivity index is 1.59. The maximum Gasteiger partial charge on any atom is 0.224 e. The van der Waals surface area contributed by atoms with Gasteiger partial charge in [-0.25, -0.2) is 4.39 Å². The van der Waals surface area contributed by atoms with E-state index in [1.807, 2.05) is 0 Å². The number of hydrogen-bond donors (Lipinski definition) is 1. The van der Waals surface area contributed by atoms with Crippen LogP contribution in [0, 0.1) is 11.7 Å². The lowest BCUT2D eigenvalue weighted by molar-refractivity contribution is -0.120. The third-order valence-electron chi connectivity index (χ3n) is 3.73. The summed E-state index contributed by atoms with van der Waals surface area (Å²) in [5.74, 6) is 0.479.